The number of aromatic nitrogens is 4. The van der Waals surface area contributed by atoms with Crippen molar-refractivity contribution in [2.45, 2.75) is 6.18 Å². The highest BCUT2D eigenvalue weighted by Gasteiger charge is 2.33. The molecule has 0 radical (unpaired) electrons. The Hall–Kier alpha value is -5.05. The second-order valence-corrected chi connectivity index (χ2v) is 6.85. The second kappa shape index (κ2) is 9.84. The molecule has 9 nitrogen and oxygen atoms in total. The number of anilines is 1. The molecule has 0 atom stereocenters. The van der Waals surface area contributed by atoms with Crippen molar-refractivity contribution in [2.75, 3.05) is 5.43 Å². The summed E-state index contributed by atoms with van der Waals surface area (Å²) >= 11 is 0. The van der Waals surface area contributed by atoms with Crippen LogP contribution < -0.4 is 15.7 Å². The number of halogens is 3. The number of alkyl halides is 3. The van der Waals surface area contributed by atoms with Crippen LogP contribution in [0.5, 0.6) is 11.8 Å². The van der Waals surface area contributed by atoms with Gasteiger partial charge in [0.2, 0.25) is 5.95 Å². The molecule has 0 unspecified atom stereocenters. The van der Waals surface area contributed by atoms with E-state index in [9.17, 15) is 23.2 Å². The van der Waals surface area contributed by atoms with Crippen LogP contribution in [0.15, 0.2) is 76.8 Å². The summed E-state index contributed by atoms with van der Waals surface area (Å²) in [5, 5.41) is 13.4. The maximum absolute atomic E-state index is 12.9. The van der Waals surface area contributed by atoms with E-state index in [1.165, 1.54) is 12.3 Å². The Labute approximate surface area is 195 Å². The first-order valence-corrected chi connectivity index (χ1v) is 9.91. The lowest BCUT2D eigenvalue weighted by Crippen LogP contribution is -2.16. The number of rotatable bonds is 6. The van der Waals surface area contributed by atoms with E-state index in [0.29, 0.717) is 11.1 Å². The summed E-state index contributed by atoms with van der Waals surface area (Å²) in [6.07, 6.45) is -2.39. The van der Waals surface area contributed by atoms with Crippen molar-refractivity contribution in [3.63, 3.8) is 0 Å². The van der Waals surface area contributed by atoms with Crippen molar-refractivity contribution in [3.8, 4) is 29.1 Å². The van der Waals surface area contributed by atoms with Gasteiger partial charge in [0, 0.05) is 17.3 Å². The van der Waals surface area contributed by atoms with Gasteiger partial charge in [0.05, 0.1) is 11.9 Å². The fraction of sp³-hybridized carbons (Fsp3) is 0.0435. The zero-order valence-electron chi connectivity index (χ0n) is 17.6. The Balaban J connectivity index is 1.57. The molecule has 12 heteroatoms. The van der Waals surface area contributed by atoms with Gasteiger partial charge in [-0.1, -0.05) is 42.5 Å². The fourth-order valence-corrected chi connectivity index (χ4v) is 2.92. The Morgan fingerprint density at radius 3 is 2.54 bits per heavy atom. The predicted molar refractivity (Wildman–Crippen MR) is 120 cm³/mol. The van der Waals surface area contributed by atoms with Gasteiger partial charge in [-0.3, -0.25) is 9.78 Å². The van der Waals surface area contributed by atoms with E-state index in [1.54, 1.807) is 48.5 Å². The SMILES string of the molecule is N#Cc1c(-c2ccccc2)nc(NN=Cc2ccccc2Oc2nccc(C(F)(F)F)n2)[nH]c1=O. The zero-order chi connectivity index (χ0) is 24.8. The molecule has 4 aromatic rings. The summed E-state index contributed by atoms with van der Waals surface area (Å²) in [4.78, 5) is 26.1. The van der Waals surface area contributed by atoms with Gasteiger partial charge in [0.15, 0.2) is 5.69 Å². The highest BCUT2D eigenvalue weighted by molar-refractivity contribution is 5.84. The molecule has 4 rings (SSSR count). The van der Waals surface area contributed by atoms with E-state index in [4.69, 9.17) is 4.74 Å². The summed E-state index contributed by atoms with van der Waals surface area (Å²) in [7, 11) is 0. The third-order valence-corrected chi connectivity index (χ3v) is 4.50. The first-order chi connectivity index (χ1) is 16.8. The summed E-state index contributed by atoms with van der Waals surface area (Å²) in [5.41, 5.74) is 1.77. The third kappa shape index (κ3) is 5.48. The number of hydrogen-bond acceptors (Lipinski definition) is 8. The van der Waals surface area contributed by atoms with E-state index in [0.717, 1.165) is 12.3 Å². The van der Waals surface area contributed by atoms with Gasteiger partial charge >= 0.3 is 12.2 Å². The lowest BCUT2D eigenvalue weighted by atomic mass is 10.1. The highest BCUT2D eigenvalue weighted by atomic mass is 19.4. The normalized spacial score (nSPS) is 11.3. The third-order valence-electron chi connectivity index (χ3n) is 4.50. The quantitative estimate of drug-likeness (QED) is 0.312. The molecular weight excluding hydrogens is 463 g/mol. The van der Waals surface area contributed by atoms with E-state index >= 15 is 0 Å². The number of nitriles is 1. The summed E-state index contributed by atoms with van der Waals surface area (Å²) < 4.78 is 44.1. The monoisotopic (exact) mass is 477 g/mol. The number of aromatic amines is 1. The number of H-pyrrole nitrogens is 1. The Bertz CT molecular complexity index is 1480. The van der Waals surface area contributed by atoms with Crippen LogP contribution >= 0.6 is 0 Å². The smallest absolute Gasteiger partial charge is 0.424 e. The fourth-order valence-electron chi connectivity index (χ4n) is 2.92. The van der Waals surface area contributed by atoms with Crippen LogP contribution in [0, 0.1) is 11.3 Å². The molecule has 0 bridgehead atoms. The molecule has 0 amide bonds. The van der Waals surface area contributed by atoms with Crippen LogP contribution in [0.1, 0.15) is 16.8 Å². The van der Waals surface area contributed by atoms with Crippen LogP contribution in [-0.4, -0.2) is 26.2 Å². The van der Waals surface area contributed by atoms with Crippen molar-refractivity contribution in [2.24, 2.45) is 5.10 Å². The van der Waals surface area contributed by atoms with Gasteiger partial charge in [-0.25, -0.2) is 15.4 Å². The minimum atomic E-state index is -4.64. The van der Waals surface area contributed by atoms with Crippen LogP contribution in [-0.2, 0) is 6.18 Å². The largest absolute Gasteiger partial charge is 0.433 e. The number of ether oxygens (including phenoxy) is 1. The molecule has 0 aliphatic rings. The maximum Gasteiger partial charge on any atom is 0.433 e. The van der Waals surface area contributed by atoms with Crippen LogP contribution in [0.3, 0.4) is 0 Å². The molecule has 174 valence electrons. The molecule has 2 N–H and O–H groups in total. The minimum Gasteiger partial charge on any atom is -0.424 e. The molecule has 35 heavy (non-hydrogen) atoms. The number of hydrazone groups is 1. The molecule has 2 aromatic carbocycles. The van der Waals surface area contributed by atoms with Crippen molar-refractivity contribution >= 4 is 12.2 Å². The number of hydrogen-bond donors (Lipinski definition) is 2. The van der Waals surface area contributed by atoms with Crippen LogP contribution in [0.25, 0.3) is 11.3 Å². The first kappa shape index (κ1) is 23.1. The van der Waals surface area contributed by atoms with Crippen molar-refractivity contribution < 1.29 is 17.9 Å². The Morgan fingerprint density at radius 2 is 1.80 bits per heavy atom. The van der Waals surface area contributed by atoms with Crippen LogP contribution in [0.4, 0.5) is 19.1 Å². The molecule has 0 spiro atoms. The van der Waals surface area contributed by atoms with Gasteiger partial charge < -0.3 is 4.74 Å². The van der Waals surface area contributed by atoms with Gasteiger partial charge in [0.1, 0.15) is 17.4 Å². The molecule has 0 saturated heterocycles. The average molecular weight is 477 g/mol. The lowest BCUT2D eigenvalue weighted by Gasteiger charge is -2.09. The highest BCUT2D eigenvalue weighted by Crippen LogP contribution is 2.29. The van der Waals surface area contributed by atoms with E-state index in [1.807, 2.05) is 6.07 Å². The number of para-hydroxylation sites is 1. The van der Waals surface area contributed by atoms with Crippen molar-refractivity contribution in [1.82, 2.24) is 19.9 Å². The average Bonchev–Trinajstić information content (AvgIpc) is 2.85. The number of nitrogens with one attached hydrogen (secondary N) is 2. The van der Waals surface area contributed by atoms with Crippen molar-refractivity contribution in [3.05, 3.63) is 94.0 Å². The number of nitrogens with zero attached hydrogens (tertiary/aromatic N) is 5. The molecular formula is C23H14F3N7O2. The minimum absolute atomic E-state index is 0.0243. The van der Waals surface area contributed by atoms with Gasteiger partial charge in [-0.15, -0.1) is 0 Å². The molecule has 0 saturated carbocycles. The Kier molecular flexibility index (Phi) is 6.50. The molecule has 0 aliphatic carbocycles. The van der Waals surface area contributed by atoms with E-state index in [2.05, 4.69) is 30.5 Å². The maximum atomic E-state index is 12.9. The second-order valence-electron chi connectivity index (χ2n) is 6.85. The molecule has 0 aliphatic heterocycles. The topological polar surface area (TPSA) is 129 Å². The van der Waals surface area contributed by atoms with Crippen LogP contribution in [0.2, 0.25) is 0 Å². The van der Waals surface area contributed by atoms with E-state index < -0.39 is 23.4 Å². The summed E-state index contributed by atoms with van der Waals surface area (Å²) in [6, 6.07) is 17.2. The zero-order valence-corrected chi connectivity index (χ0v) is 17.6. The first-order valence-electron chi connectivity index (χ1n) is 9.91. The number of benzene rings is 2. The molecule has 2 aromatic heterocycles. The van der Waals surface area contributed by atoms with Gasteiger partial charge in [-0.05, 0) is 18.2 Å². The summed E-state index contributed by atoms with van der Waals surface area (Å²) in [5.74, 6) is 0.118. The predicted octanol–water partition coefficient (Wildman–Crippen LogP) is 4.36. The van der Waals surface area contributed by atoms with Gasteiger partial charge in [-0.2, -0.15) is 28.5 Å². The Morgan fingerprint density at radius 1 is 1.06 bits per heavy atom. The van der Waals surface area contributed by atoms with Crippen molar-refractivity contribution in [1.29, 1.82) is 5.26 Å². The lowest BCUT2D eigenvalue weighted by molar-refractivity contribution is -0.141. The van der Waals surface area contributed by atoms with Gasteiger partial charge in [0.25, 0.3) is 5.56 Å². The molecule has 2 heterocycles. The standard InChI is InChI=1S/C23H14F3N7O2/c24-23(25,26)18-10-11-28-22(30-18)35-17-9-5-4-8-15(17)13-29-33-21-31-19(14-6-2-1-3-7-14)16(12-27)20(34)32-21/h1-11,13H,(H2,31,32,33,34). The molecule has 0 fully saturated rings. The summed E-state index contributed by atoms with van der Waals surface area (Å²) in [6.45, 7) is 0. The van der Waals surface area contributed by atoms with E-state index in [-0.39, 0.29) is 23.0 Å².